The summed E-state index contributed by atoms with van der Waals surface area (Å²) < 4.78 is 3.41. The number of hydrogen-bond acceptors (Lipinski definition) is 6. The molecule has 0 aliphatic carbocycles. The van der Waals surface area contributed by atoms with Crippen molar-refractivity contribution in [1.29, 1.82) is 5.26 Å². The number of amides is 1. The molecule has 134 valence electrons. The number of pyridine rings is 1. The maximum atomic E-state index is 12.6. The van der Waals surface area contributed by atoms with Gasteiger partial charge in [-0.1, -0.05) is 30.0 Å². The maximum Gasteiger partial charge on any atom is 0.238 e. The third-order valence-electron chi connectivity index (χ3n) is 4.20. The lowest BCUT2D eigenvalue weighted by atomic mass is 10.2. The van der Waals surface area contributed by atoms with Gasteiger partial charge in [0.1, 0.15) is 17.5 Å². The fourth-order valence-electron chi connectivity index (χ4n) is 2.79. The second kappa shape index (κ2) is 6.74. The molecule has 0 saturated carbocycles. The van der Waals surface area contributed by atoms with Crippen LogP contribution in [0.2, 0.25) is 0 Å². The van der Waals surface area contributed by atoms with Crippen molar-refractivity contribution in [2.45, 2.75) is 17.3 Å². The lowest BCUT2D eigenvalue weighted by molar-refractivity contribution is -0.115. The Morgan fingerprint density at radius 3 is 2.89 bits per heavy atom. The highest BCUT2D eigenvalue weighted by Crippen LogP contribution is 2.27. The predicted molar refractivity (Wildman–Crippen MR) is 102 cm³/mol. The number of para-hydroxylation sites is 1. The summed E-state index contributed by atoms with van der Waals surface area (Å²) in [6.07, 6.45) is 1.42. The van der Waals surface area contributed by atoms with Crippen molar-refractivity contribution in [3.8, 4) is 6.07 Å². The third kappa shape index (κ3) is 3.00. The highest BCUT2D eigenvalue weighted by Gasteiger charge is 2.21. The van der Waals surface area contributed by atoms with Crippen molar-refractivity contribution < 1.29 is 4.79 Å². The van der Waals surface area contributed by atoms with E-state index in [0.717, 1.165) is 16.6 Å². The molecule has 1 atom stereocenters. The normalized spacial score (nSPS) is 12.2. The van der Waals surface area contributed by atoms with Crippen LogP contribution < -0.4 is 5.32 Å². The van der Waals surface area contributed by atoms with Crippen LogP contribution in [0.25, 0.3) is 16.6 Å². The molecule has 27 heavy (non-hydrogen) atoms. The van der Waals surface area contributed by atoms with Gasteiger partial charge in [0.05, 0.1) is 17.0 Å². The highest BCUT2D eigenvalue weighted by atomic mass is 32.2. The van der Waals surface area contributed by atoms with E-state index >= 15 is 0 Å². The number of aromatic nitrogens is 5. The highest BCUT2D eigenvalue weighted by molar-refractivity contribution is 8.00. The second-order valence-corrected chi connectivity index (χ2v) is 7.27. The van der Waals surface area contributed by atoms with Crippen molar-refractivity contribution in [1.82, 2.24) is 24.4 Å². The van der Waals surface area contributed by atoms with Crippen molar-refractivity contribution in [3.63, 3.8) is 0 Å². The number of thioether (sulfide) groups is 1. The Morgan fingerprint density at radius 1 is 1.26 bits per heavy atom. The van der Waals surface area contributed by atoms with Crippen LogP contribution in [0.3, 0.4) is 0 Å². The largest absolute Gasteiger partial charge is 0.309 e. The molecule has 0 saturated heterocycles. The van der Waals surface area contributed by atoms with Gasteiger partial charge in [-0.25, -0.2) is 0 Å². The topological polar surface area (TPSA) is 101 Å². The van der Waals surface area contributed by atoms with Gasteiger partial charge in [-0.15, -0.1) is 10.2 Å². The molecule has 1 amide bonds. The van der Waals surface area contributed by atoms with Gasteiger partial charge in [-0.05, 0) is 30.5 Å². The Kier molecular flexibility index (Phi) is 4.25. The summed E-state index contributed by atoms with van der Waals surface area (Å²) in [5, 5.41) is 25.6. The molecule has 3 heterocycles. The standard InChI is InChI=1S/C18H15N7OS/c1-11(17(26)21-16-13(9-19)10-20-24(16)2)27-18-23-22-15-8-7-12-5-3-4-6-14(12)25(15)18/h3-8,10-11H,1-2H3,(H,21,26). The minimum Gasteiger partial charge on any atom is -0.309 e. The van der Waals surface area contributed by atoms with Crippen LogP contribution in [0.15, 0.2) is 47.8 Å². The molecule has 4 rings (SSSR count). The van der Waals surface area contributed by atoms with Crippen LogP contribution in [0.1, 0.15) is 12.5 Å². The zero-order valence-electron chi connectivity index (χ0n) is 14.6. The molecule has 0 bridgehead atoms. The minimum absolute atomic E-state index is 0.239. The molecule has 0 spiro atoms. The number of anilines is 1. The summed E-state index contributed by atoms with van der Waals surface area (Å²) in [7, 11) is 1.67. The molecule has 9 heteroatoms. The monoisotopic (exact) mass is 377 g/mol. The SMILES string of the molecule is CC(Sc1nnc2ccc3ccccc3n12)C(=O)Nc1c(C#N)cnn1C. The van der Waals surface area contributed by atoms with Gasteiger partial charge < -0.3 is 5.32 Å². The van der Waals surface area contributed by atoms with Gasteiger partial charge in [0.15, 0.2) is 10.8 Å². The van der Waals surface area contributed by atoms with E-state index in [2.05, 4.69) is 20.6 Å². The molecule has 1 unspecified atom stereocenters. The number of fused-ring (bicyclic) bond motifs is 3. The Bertz CT molecular complexity index is 1200. The lowest BCUT2D eigenvalue weighted by Gasteiger charge is -2.12. The molecule has 0 fully saturated rings. The van der Waals surface area contributed by atoms with Crippen LogP contribution in [0, 0.1) is 11.3 Å². The third-order valence-corrected chi connectivity index (χ3v) is 5.24. The van der Waals surface area contributed by atoms with E-state index in [-0.39, 0.29) is 5.91 Å². The number of nitrogens with zero attached hydrogens (tertiary/aromatic N) is 6. The smallest absolute Gasteiger partial charge is 0.238 e. The van der Waals surface area contributed by atoms with E-state index in [4.69, 9.17) is 5.26 Å². The first-order valence-electron chi connectivity index (χ1n) is 8.21. The fraction of sp³-hybridized carbons (Fsp3) is 0.167. The number of carbonyl (C=O) groups is 1. The molecule has 0 aliphatic heterocycles. The Balaban J connectivity index is 1.62. The molecule has 0 radical (unpaired) electrons. The summed E-state index contributed by atoms with van der Waals surface area (Å²) in [5.41, 5.74) is 2.03. The van der Waals surface area contributed by atoms with E-state index < -0.39 is 5.25 Å². The number of rotatable bonds is 4. The van der Waals surface area contributed by atoms with Gasteiger partial charge in [0.25, 0.3) is 0 Å². The molecular formula is C18H15N7OS. The number of carbonyl (C=O) groups excluding carboxylic acids is 1. The first-order chi connectivity index (χ1) is 13.1. The van der Waals surface area contributed by atoms with Crippen LogP contribution in [-0.2, 0) is 11.8 Å². The summed E-state index contributed by atoms with van der Waals surface area (Å²) in [6, 6.07) is 13.9. The van der Waals surface area contributed by atoms with Gasteiger partial charge in [-0.3, -0.25) is 13.9 Å². The lowest BCUT2D eigenvalue weighted by Crippen LogP contribution is -2.24. The molecule has 0 aliphatic rings. The van der Waals surface area contributed by atoms with Crippen molar-refractivity contribution in [2.24, 2.45) is 7.05 Å². The van der Waals surface area contributed by atoms with E-state index in [1.165, 1.54) is 22.6 Å². The van der Waals surface area contributed by atoms with E-state index in [9.17, 15) is 4.79 Å². The summed E-state index contributed by atoms with van der Waals surface area (Å²) >= 11 is 1.31. The number of nitrogens with one attached hydrogen (secondary N) is 1. The van der Waals surface area contributed by atoms with Gasteiger partial charge >= 0.3 is 0 Å². The molecule has 1 aromatic carbocycles. The van der Waals surface area contributed by atoms with Crippen LogP contribution in [0.4, 0.5) is 5.82 Å². The maximum absolute atomic E-state index is 12.6. The number of aryl methyl sites for hydroxylation is 1. The van der Waals surface area contributed by atoms with Crippen molar-refractivity contribution in [3.05, 3.63) is 48.2 Å². The van der Waals surface area contributed by atoms with Gasteiger partial charge in [0, 0.05) is 7.05 Å². The first-order valence-corrected chi connectivity index (χ1v) is 9.09. The second-order valence-electron chi connectivity index (χ2n) is 5.96. The number of nitriles is 1. The van der Waals surface area contributed by atoms with Crippen molar-refractivity contribution in [2.75, 3.05) is 5.32 Å². The number of hydrogen-bond donors (Lipinski definition) is 1. The average molecular weight is 377 g/mol. The van der Waals surface area contributed by atoms with Crippen LogP contribution >= 0.6 is 11.8 Å². The molecule has 1 N–H and O–H groups in total. The Labute approximate surface area is 158 Å². The summed E-state index contributed by atoms with van der Waals surface area (Å²) in [6.45, 7) is 1.79. The quantitative estimate of drug-likeness (QED) is 0.549. The molecular weight excluding hydrogens is 362 g/mol. The Morgan fingerprint density at radius 2 is 2.07 bits per heavy atom. The van der Waals surface area contributed by atoms with E-state index in [0.29, 0.717) is 16.5 Å². The van der Waals surface area contributed by atoms with Gasteiger partial charge in [0.2, 0.25) is 5.91 Å². The predicted octanol–water partition coefficient (Wildman–Crippen LogP) is 2.61. The van der Waals surface area contributed by atoms with E-state index in [1.54, 1.807) is 14.0 Å². The molecule has 3 aromatic heterocycles. The minimum atomic E-state index is -0.446. The first kappa shape index (κ1) is 17.1. The zero-order chi connectivity index (χ0) is 19.0. The number of benzene rings is 1. The molecule has 8 nitrogen and oxygen atoms in total. The summed E-state index contributed by atoms with van der Waals surface area (Å²) in [5.74, 6) is 0.142. The van der Waals surface area contributed by atoms with Gasteiger partial charge in [-0.2, -0.15) is 10.4 Å². The Hall–Kier alpha value is -3.38. The summed E-state index contributed by atoms with van der Waals surface area (Å²) in [4.78, 5) is 12.6. The van der Waals surface area contributed by atoms with E-state index in [1.807, 2.05) is 46.9 Å². The van der Waals surface area contributed by atoms with Crippen molar-refractivity contribution >= 4 is 40.0 Å². The van der Waals surface area contributed by atoms with Crippen LogP contribution in [0.5, 0.6) is 0 Å². The average Bonchev–Trinajstić information content (AvgIpc) is 3.25. The molecule has 4 aromatic rings. The van der Waals surface area contributed by atoms with Crippen LogP contribution in [-0.4, -0.2) is 35.5 Å². The fourth-order valence-corrected chi connectivity index (χ4v) is 3.65. The zero-order valence-corrected chi connectivity index (χ0v) is 15.4.